The number of ether oxygens (including phenoxy) is 1. The van der Waals surface area contributed by atoms with Crippen LogP contribution in [0.25, 0.3) is 21.5 Å². The lowest BCUT2D eigenvalue weighted by atomic mass is 9.83. The van der Waals surface area contributed by atoms with E-state index in [0.29, 0.717) is 11.7 Å². The minimum atomic E-state index is -0.222. The highest BCUT2D eigenvalue weighted by molar-refractivity contribution is 6.47. The minimum Gasteiger partial charge on any atom is -0.507 e. The fourth-order valence-electron chi connectivity index (χ4n) is 2.82. The summed E-state index contributed by atoms with van der Waals surface area (Å²) in [7, 11) is 5.04. The van der Waals surface area contributed by atoms with Crippen LogP contribution in [-0.2, 0) is 9.39 Å². The smallest absolute Gasteiger partial charge is 0.330 e. The molecule has 0 atom stereocenters. The fraction of sp³-hybridized carbons (Fsp3) is 0.500. The van der Waals surface area contributed by atoms with Crippen LogP contribution in [0.4, 0.5) is 0 Å². The number of aromatic hydroxyl groups is 1. The van der Waals surface area contributed by atoms with Gasteiger partial charge in [0, 0.05) is 25.2 Å². The molecule has 0 aromatic heterocycles. The van der Waals surface area contributed by atoms with Gasteiger partial charge in [0.25, 0.3) is 0 Å². The summed E-state index contributed by atoms with van der Waals surface area (Å²) in [5.41, 5.74) is 0.734. The Hall–Kier alpha value is -2.04. The number of phenols is 1. The first-order valence-corrected chi connectivity index (χ1v) is 11.7. The Balaban J connectivity index is 0.000000486. The third-order valence-electron chi connectivity index (χ3n) is 6.15. The topological polar surface area (TPSA) is 38.7 Å². The summed E-state index contributed by atoms with van der Waals surface area (Å²) < 4.78 is 10.2. The van der Waals surface area contributed by atoms with Gasteiger partial charge in [-0.25, -0.2) is 0 Å². The van der Waals surface area contributed by atoms with E-state index in [9.17, 15) is 5.11 Å². The van der Waals surface area contributed by atoms with Crippen LogP contribution >= 0.6 is 0 Å². The fourth-order valence-corrected chi connectivity index (χ4v) is 2.82. The van der Waals surface area contributed by atoms with Gasteiger partial charge in [-0.2, -0.15) is 0 Å². The molecule has 0 bridgehead atoms. The second-order valence-electron chi connectivity index (χ2n) is 9.25. The molecular weight excluding hydrogens is 395 g/mol. The van der Waals surface area contributed by atoms with Crippen molar-refractivity contribution in [3.8, 4) is 5.75 Å². The van der Waals surface area contributed by atoms with Gasteiger partial charge in [-0.15, -0.1) is 0 Å². The third-order valence-corrected chi connectivity index (χ3v) is 6.15. The van der Waals surface area contributed by atoms with Crippen molar-refractivity contribution in [3.05, 3.63) is 48.5 Å². The average Bonchev–Trinajstić information content (AvgIpc) is 2.78. The van der Waals surface area contributed by atoms with Gasteiger partial charge in [0.15, 0.2) is 0 Å². The number of fused-ring (bicyclic) bond motifs is 3. The van der Waals surface area contributed by atoms with Crippen molar-refractivity contribution in [1.82, 2.24) is 0 Å². The number of hydrogen-bond acceptors (Lipinski definition) is 3. The lowest BCUT2D eigenvalue weighted by Crippen LogP contribution is -2.36. The van der Waals surface area contributed by atoms with E-state index in [-0.39, 0.29) is 5.60 Å². The van der Waals surface area contributed by atoms with Crippen molar-refractivity contribution in [3.63, 3.8) is 0 Å². The van der Waals surface area contributed by atoms with Gasteiger partial charge in [-0.05, 0) is 47.9 Å². The summed E-state index contributed by atoms with van der Waals surface area (Å²) in [5, 5.41) is 14.5. The summed E-state index contributed by atoms with van der Waals surface area (Å²) in [4.78, 5) is 0. The molecule has 175 valence electrons. The van der Waals surface area contributed by atoms with Crippen molar-refractivity contribution < 1.29 is 14.5 Å². The number of hydrogen-bond donors (Lipinski definition) is 1. The van der Waals surface area contributed by atoms with Crippen LogP contribution in [0.1, 0.15) is 61.3 Å². The molecule has 0 unspecified atom stereocenters. The average molecular weight is 437 g/mol. The molecule has 3 rings (SSSR count). The summed E-state index contributed by atoms with van der Waals surface area (Å²) in [6.45, 7) is 15.2. The molecule has 1 radical (unpaired) electrons. The van der Waals surface area contributed by atoms with E-state index >= 15 is 0 Å². The first-order valence-electron chi connectivity index (χ1n) is 11.7. The van der Waals surface area contributed by atoms with Gasteiger partial charge in [-0.3, -0.25) is 0 Å². The molecule has 3 aromatic rings. The predicted octanol–water partition coefficient (Wildman–Crippen LogP) is 7.10. The standard InChI is InChI=1S/C20H22BO2.C6H14.C2H6O/c1-13(2)20(3,4)23-21-15-9-10-17-16-8-6-5-7-14(16)11-19(22)18(17)12-15;1-4-6(3)5-2;1-3-2/h5-13,22H,1-4H3;6H,4-5H2,1-3H3;1-2H3. The Morgan fingerprint density at radius 1 is 0.875 bits per heavy atom. The van der Waals surface area contributed by atoms with E-state index in [1.807, 2.05) is 36.4 Å². The van der Waals surface area contributed by atoms with Crippen molar-refractivity contribution in [2.45, 2.75) is 66.9 Å². The zero-order chi connectivity index (χ0) is 24.3. The van der Waals surface area contributed by atoms with Crippen LogP contribution in [0.2, 0.25) is 0 Å². The van der Waals surface area contributed by atoms with Crippen molar-refractivity contribution in [1.29, 1.82) is 0 Å². The van der Waals surface area contributed by atoms with E-state index in [1.54, 1.807) is 21.7 Å². The predicted molar refractivity (Wildman–Crippen MR) is 141 cm³/mol. The quantitative estimate of drug-likeness (QED) is 0.330. The molecule has 3 nitrogen and oxygen atoms in total. The molecule has 3 aromatic carbocycles. The minimum absolute atomic E-state index is 0.222. The molecule has 4 heteroatoms. The zero-order valence-corrected chi connectivity index (χ0v) is 21.5. The largest absolute Gasteiger partial charge is 0.507 e. The van der Waals surface area contributed by atoms with Crippen LogP contribution in [0.3, 0.4) is 0 Å². The Bertz CT molecular complexity index is 946. The monoisotopic (exact) mass is 437 g/mol. The number of methoxy groups -OCH3 is 1. The molecule has 0 spiro atoms. The van der Waals surface area contributed by atoms with Crippen molar-refractivity contribution in [2.24, 2.45) is 11.8 Å². The second kappa shape index (κ2) is 13.5. The molecule has 0 aliphatic heterocycles. The molecule has 0 amide bonds. The van der Waals surface area contributed by atoms with E-state index in [4.69, 9.17) is 4.65 Å². The second-order valence-corrected chi connectivity index (χ2v) is 9.25. The van der Waals surface area contributed by atoms with E-state index in [0.717, 1.165) is 32.9 Å². The first-order chi connectivity index (χ1) is 15.1. The van der Waals surface area contributed by atoms with Gasteiger partial charge in [0.05, 0.1) is 0 Å². The number of rotatable bonds is 6. The maximum atomic E-state index is 10.4. The summed E-state index contributed by atoms with van der Waals surface area (Å²) in [6.07, 6.45) is 2.66. The number of benzene rings is 3. The van der Waals surface area contributed by atoms with Gasteiger partial charge < -0.3 is 14.5 Å². The zero-order valence-electron chi connectivity index (χ0n) is 21.5. The molecule has 0 heterocycles. The highest BCUT2D eigenvalue weighted by Crippen LogP contribution is 2.32. The van der Waals surface area contributed by atoms with Crippen molar-refractivity contribution >= 4 is 34.5 Å². The van der Waals surface area contributed by atoms with Gasteiger partial charge in [0.1, 0.15) is 5.75 Å². The van der Waals surface area contributed by atoms with Crippen LogP contribution in [0.5, 0.6) is 5.75 Å². The van der Waals surface area contributed by atoms with Crippen LogP contribution in [-0.4, -0.2) is 32.4 Å². The van der Waals surface area contributed by atoms with Crippen LogP contribution < -0.4 is 5.46 Å². The summed E-state index contributed by atoms with van der Waals surface area (Å²) >= 11 is 0. The first kappa shape index (κ1) is 28.0. The van der Waals surface area contributed by atoms with Gasteiger partial charge >= 0.3 is 7.48 Å². The maximum absolute atomic E-state index is 10.4. The Labute approximate surface area is 196 Å². The summed E-state index contributed by atoms with van der Waals surface area (Å²) in [6, 6.07) is 16.0. The summed E-state index contributed by atoms with van der Waals surface area (Å²) in [5.74, 6) is 1.65. The van der Waals surface area contributed by atoms with Gasteiger partial charge in [0.2, 0.25) is 0 Å². The maximum Gasteiger partial charge on any atom is 0.330 e. The highest BCUT2D eigenvalue weighted by Gasteiger charge is 2.23. The molecule has 32 heavy (non-hydrogen) atoms. The van der Waals surface area contributed by atoms with Crippen LogP contribution in [0.15, 0.2) is 48.5 Å². The lowest BCUT2D eigenvalue weighted by molar-refractivity contribution is 0.0668. The van der Waals surface area contributed by atoms with E-state index < -0.39 is 0 Å². The molecule has 0 fully saturated rings. The van der Waals surface area contributed by atoms with E-state index in [1.165, 1.54) is 12.8 Å². The van der Waals surface area contributed by atoms with E-state index in [2.05, 4.69) is 65.3 Å². The molecule has 0 aliphatic carbocycles. The molecule has 0 aliphatic rings. The molecule has 1 N–H and O–H groups in total. The lowest BCUT2D eigenvalue weighted by Gasteiger charge is -2.30. The Morgan fingerprint density at radius 2 is 1.47 bits per heavy atom. The normalized spacial score (nSPS) is 11.2. The molecule has 0 saturated heterocycles. The highest BCUT2D eigenvalue weighted by atomic mass is 16.5. The third kappa shape index (κ3) is 8.14. The molecule has 0 saturated carbocycles. The van der Waals surface area contributed by atoms with Crippen molar-refractivity contribution in [2.75, 3.05) is 14.2 Å². The number of phenolic OH excluding ortho intramolecular Hbond substituents is 1. The Morgan fingerprint density at radius 3 is 2.00 bits per heavy atom. The SMILES string of the molecule is CC(C)C(C)(C)O[B]c1ccc2c(c1)c(O)cc1ccccc12.CCC(C)CC.COC. The van der Waals surface area contributed by atoms with Gasteiger partial charge in [-0.1, -0.05) is 95.4 Å². The van der Waals surface area contributed by atoms with Crippen LogP contribution in [0, 0.1) is 11.8 Å². The Kier molecular flexibility index (Phi) is 11.8. The molecular formula is C28H42BO3.